The third kappa shape index (κ3) is 12.2. The minimum absolute atomic E-state index is 0.00548. The van der Waals surface area contributed by atoms with E-state index in [1.165, 1.54) is 21.8 Å². The molecule has 2 saturated heterocycles. The number of fused-ring (bicyclic) bond motifs is 2. The van der Waals surface area contributed by atoms with Gasteiger partial charge in [-0.05, 0) is 52.6 Å². The van der Waals surface area contributed by atoms with Crippen molar-refractivity contribution in [2.45, 2.75) is 155 Å². The molecule has 10 atom stereocenters. The molecule has 0 spiro atoms. The molecular weight excluding hydrogens is 1030 g/mol. The van der Waals surface area contributed by atoms with Gasteiger partial charge in [-0.1, -0.05) is 69.2 Å². The summed E-state index contributed by atoms with van der Waals surface area (Å²) in [6.07, 6.45) is -7.23. The lowest BCUT2D eigenvalue weighted by Crippen LogP contribution is -2.50. The SMILES string of the molecule is CC(C)C(=O)Nc1nc2c(ncn2[C@@H]2O[C@H](COP(O)(=S)O[C@@H]3C(O[Si](C)(C)C(C)(C)C)[C@@H](CO[P+](=O)S)O[C@H]3n3cnc4c(=O)[nH]c(NC(=O)C(C)C)nc43)C(O[Si](C)(C)C(C)(C)C)[C@H]2O)c(=O)[nH]1. The van der Waals surface area contributed by atoms with Gasteiger partial charge in [-0.2, -0.15) is 9.97 Å². The lowest BCUT2D eigenvalue weighted by atomic mass is 10.1. The number of H-pyrrole nitrogens is 2. The van der Waals surface area contributed by atoms with Gasteiger partial charge in [0.1, 0.15) is 55.5 Å². The van der Waals surface area contributed by atoms with Crippen molar-refractivity contribution in [3.63, 3.8) is 0 Å². The van der Waals surface area contributed by atoms with Crippen LogP contribution < -0.4 is 21.8 Å². The zero-order chi connectivity index (χ0) is 52.2. The Hall–Kier alpha value is -3.19. The Labute approximate surface area is 417 Å². The zero-order valence-corrected chi connectivity index (χ0v) is 47.1. The third-order valence-electron chi connectivity index (χ3n) is 13.0. The molecule has 4 unspecified atom stereocenters. The van der Waals surface area contributed by atoms with Crippen molar-refractivity contribution in [3.8, 4) is 0 Å². The average molecular weight is 1090 g/mol. The highest BCUT2D eigenvalue weighted by atomic mass is 32.7. The van der Waals surface area contributed by atoms with E-state index in [9.17, 15) is 33.7 Å². The molecule has 70 heavy (non-hydrogen) atoms. The second kappa shape index (κ2) is 21.0. The van der Waals surface area contributed by atoms with Crippen molar-refractivity contribution in [2.24, 2.45) is 11.8 Å². The number of nitrogens with zero attached hydrogens (tertiary/aromatic N) is 6. The minimum Gasteiger partial charge on any atom is -0.408 e. The molecule has 6 rings (SSSR count). The Kier molecular flexibility index (Phi) is 16.8. The summed E-state index contributed by atoms with van der Waals surface area (Å²) in [6, 6.07) is 0. The van der Waals surface area contributed by atoms with Crippen molar-refractivity contribution in [3.05, 3.63) is 33.4 Å². The van der Waals surface area contributed by atoms with Crippen molar-refractivity contribution in [1.82, 2.24) is 39.0 Å². The van der Waals surface area contributed by atoms with Gasteiger partial charge in [-0.25, -0.2) is 9.97 Å². The summed E-state index contributed by atoms with van der Waals surface area (Å²) in [5.74, 6) is -2.00. The normalized spacial score (nSPS) is 24.8. The number of ether oxygens (including phenoxy) is 2. The molecule has 0 bridgehead atoms. The van der Waals surface area contributed by atoms with Gasteiger partial charge in [0.05, 0.1) is 19.3 Å². The van der Waals surface area contributed by atoms with Gasteiger partial charge in [0.2, 0.25) is 23.7 Å². The number of amides is 2. The number of aliphatic hydroxyl groups is 1. The van der Waals surface area contributed by atoms with Crippen LogP contribution >= 0.6 is 26.2 Å². The number of thiol groups is 1. The number of anilines is 2. The van der Waals surface area contributed by atoms with Gasteiger partial charge in [0, 0.05) is 11.8 Å². The average Bonchev–Trinajstić information content (AvgIpc) is 3.99. The van der Waals surface area contributed by atoms with Gasteiger partial charge in [0.15, 0.2) is 51.4 Å². The lowest BCUT2D eigenvalue weighted by Gasteiger charge is -2.41. The van der Waals surface area contributed by atoms with Crippen LogP contribution in [0.2, 0.25) is 36.3 Å². The smallest absolute Gasteiger partial charge is 0.408 e. The number of aliphatic hydroxyl groups excluding tert-OH is 1. The van der Waals surface area contributed by atoms with E-state index in [0.717, 1.165) is 0 Å². The van der Waals surface area contributed by atoms with Crippen LogP contribution in [0.25, 0.3) is 22.3 Å². The number of imidazole rings is 2. The van der Waals surface area contributed by atoms with Gasteiger partial charge < -0.3 is 32.8 Å². The van der Waals surface area contributed by atoms with E-state index in [0.29, 0.717) is 0 Å². The third-order valence-corrected chi connectivity index (χ3v) is 24.2. The minimum atomic E-state index is -4.46. The highest BCUT2D eigenvalue weighted by molar-refractivity contribution is 8.39. The lowest BCUT2D eigenvalue weighted by molar-refractivity contribution is -0.119. The first-order valence-corrected chi connectivity index (χ1v) is 33.3. The molecule has 6 N–H and O–H groups in total. The number of rotatable bonds is 18. The number of carbonyl (C=O) groups is 2. The van der Waals surface area contributed by atoms with Crippen LogP contribution in [0.3, 0.4) is 0 Å². The summed E-state index contributed by atoms with van der Waals surface area (Å²) in [6.45, 7) is 21.5. The second-order valence-corrected chi connectivity index (χ2v) is 35.0. The summed E-state index contributed by atoms with van der Waals surface area (Å²) in [5.41, 5.74) is -1.57. The van der Waals surface area contributed by atoms with Gasteiger partial charge >= 0.3 is 13.9 Å². The monoisotopic (exact) mass is 1090 g/mol. The Balaban J connectivity index is 1.38. The molecule has 24 nitrogen and oxygen atoms in total. The molecule has 2 aliphatic rings. The Morgan fingerprint density at radius 1 is 0.814 bits per heavy atom. The molecular formula is C40H65N10O14P2S2Si2+. The Morgan fingerprint density at radius 3 is 1.69 bits per heavy atom. The quantitative estimate of drug-likeness (QED) is 0.0362. The van der Waals surface area contributed by atoms with Crippen molar-refractivity contribution < 1.29 is 56.1 Å². The van der Waals surface area contributed by atoms with E-state index in [-0.39, 0.29) is 50.9 Å². The topological polar surface area (TPSA) is 307 Å². The molecule has 30 heteroatoms. The molecule has 2 aliphatic heterocycles. The first-order valence-electron chi connectivity index (χ1n) is 22.6. The van der Waals surface area contributed by atoms with Crippen LogP contribution in [0.1, 0.15) is 81.7 Å². The fourth-order valence-electron chi connectivity index (χ4n) is 6.94. The summed E-state index contributed by atoms with van der Waals surface area (Å²) < 4.78 is 59.8. The largest absolute Gasteiger partial charge is 0.582 e. The summed E-state index contributed by atoms with van der Waals surface area (Å²) in [5, 5.41) is 16.6. The number of hydrogen-bond donors (Lipinski definition) is 7. The molecule has 0 radical (unpaired) electrons. The van der Waals surface area contributed by atoms with E-state index < -0.39 is 121 Å². The predicted octanol–water partition coefficient (Wildman–Crippen LogP) is 5.60. The van der Waals surface area contributed by atoms with Crippen molar-refractivity contribution in [2.75, 3.05) is 23.8 Å². The number of nitrogens with one attached hydrogen (secondary N) is 4. The number of hydrogen-bond acceptors (Lipinski definition) is 18. The predicted molar refractivity (Wildman–Crippen MR) is 271 cm³/mol. The second-order valence-electron chi connectivity index (χ2n) is 20.9. The Morgan fingerprint density at radius 2 is 1.24 bits per heavy atom. The van der Waals surface area contributed by atoms with E-state index in [2.05, 4.69) is 52.8 Å². The number of aromatic amines is 2. The first-order chi connectivity index (χ1) is 32.2. The Bertz CT molecular complexity index is 2780. The highest BCUT2D eigenvalue weighted by Gasteiger charge is 2.55. The highest BCUT2D eigenvalue weighted by Crippen LogP contribution is 2.53. The van der Waals surface area contributed by atoms with E-state index in [1.54, 1.807) is 27.7 Å². The molecule has 4 aromatic rings. The fourth-order valence-corrected chi connectivity index (χ4v) is 11.5. The van der Waals surface area contributed by atoms with Crippen LogP contribution in [0, 0.1) is 11.8 Å². The fraction of sp³-hybridized carbons (Fsp3) is 0.700. The standard InChI is InChI=1S/C40H64N10O14P2S2Si2/c1-19(2)31(52)45-37-43-29-23(33(54)47-37)41-17-49(29)35-25(51)26(63-69(11,12)39(5,6)7)22(60-35)16-59-66(57,68)62-28-27(64-70(13,14)40(8,9)10)21(15-58-65(56)67)61-36(28)50-18-42-24-30(50)44-38(48-34(24)55)46-32(53)20(3)4/h17-22,25-28,35-36,51H,15-16H2,1-14H3,(H5-,43,44,45,46,47,48,52,53,54,55,56,57,67,68)/p+1/t21-,22-,25-,26?,27?,28-,35-,36-,66?/m1/s1. The molecule has 2 fully saturated rings. The molecule has 388 valence electrons. The number of carbonyl (C=O) groups excluding carboxylic acids is 2. The van der Waals surface area contributed by atoms with Crippen LogP contribution in [-0.4, -0.2) is 127 Å². The zero-order valence-electron chi connectivity index (χ0n) is 41.6. The molecule has 2 amide bonds. The summed E-state index contributed by atoms with van der Waals surface area (Å²) in [7, 11) is -7.92. The maximum absolute atomic E-state index is 13.3. The maximum atomic E-state index is 13.3. The van der Waals surface area contributed by atoms with Gasteiger partial charge in [-0.3, -0.25) is 53.4 Å². The molecule has 6 heterocycles. The summed E-state index contributed by atoms with van der Waals surface area (Å²) in [4.78, 5) is 86.4. The van der Waals surface area contributed by atoms with Crippen LogP contribution in [0.15, 0.2) is 22.2 Å². The summed E-state index contributed by atoms with van der Waals surface area (Å²) >= 11 is 9.69. The molecule has 4 aromatic heterocycles. The van der Waals surface area contributed by atoms with Crippen molar-refractivity contribution in [1.29, 1.82) is 0 Å². The van der Waals surface area contributed by atoms with Crippen LogP contribution in [0.4, 0.5) is 11.9 Å². The van der Waals surface area contributed by atoms with Crippen LogP contribution in [0.5, 0.6) is 0 Å². The molecule has 0 aliphatic carbocycles. The molecule has 0 aromatic carbocycles. The molecule has 0 saturated carbocycles. The van der Waals surface area contributed by atoms with E-state index >= 15 is 0 Å². The van der Waals surface area contributed by atoms with E-state index in [1.807, 2.05) is 67.7 Å². The maximum Gasteiger partial charge on any atom is 0.582 e. The first kappa shape index (κ1) is 56.1. The van der Waals surface area contributed by atoms with Crippen molar-refractivity contribution >= 4 is 101 Å². The van der Waals surface area contributed by atoms with Gasteiger partial charge in [-0.15, -0.1) is 4.52 Å². The number of aromatic nitrogens is 8. The van der Waals surface area contributed by atoms with Gasteiger partial charge in [0.25, 0.3) is 11.1 Å². The van der Waals surface area contributed by atoms with E-state index in [4.69, 9.17) is 43.7 Å². The van der Waals surface area contributed by atoms with Crippen LogP contribution in [-0.2, 0) is 57.9 Å².